The third-order valence-corrected chi connectivity index (χ3v) is 3.08. The maximum absolute atomic E-state index is 10.4. The van der Waals surface area contributed by atoms with Crippen LogP contribution < -0.4 is 16.3 Å². The van der Waals surface area contributed by atoms with Crippen LogP contribution in [0.3, 0.4) is 0 Å². The molecule has 0 spiro atoms. The third kappa shape index (κ3) is 4.94. The minimum atomic E-state index is -4.27. The molecule has 2 aromatic rings. The van der Waals surface area contributed by atoms with Gasteiger partial charge < -0.3 is 4.55 Å². The van der Waals surface area contributed by atoms with Gasteiger partial charge in [-0.1, -0.05) is 23.8 Å². The molecule has 6 nitrogen and oxygen atoms in total. The number of aryl methyl sites for hydroxylation is 1. The van der Waals surface area contributed by atoms with Gasteiger partial charge in [-0.15, -0.1) is 4.68 Å². The number of aromatic nitrogens is 1. The number of pyridine rings is 1. The zero-order valence-corrected chi connectivity index (χ0v) is 11.2. The standard InChI is InChI=1S/C7H8O3S.C5H7N3/c1-6-2-4-7(5-3-6)11(8,9)10;6-5-3-1-2-4-8(5)7/h2-5H,1H3,(H,8,9,10);1-4,6H,7H2. The highest BCUT2D eigenvalue weighted by Crippen LogP contribution is 2.08. The molecule has 1 heterocycles. The van der Waals surface area contributed by atoms with Crippen LogP contribution in [0, 0.1) is 6.92 Å². The topological polar surface area (TPSA) is 113 Å². The van der Waals surface area contributed by atoms with Crippen molar-refractivity contribution in [2.45, 2.75) is 11.8 Å². The molecule has 0 saturated carbocycles. The van der Waals surface area contributed by atoms with E-state index in [9.17, 15) is 13.0 Å². The van der Waals surface area contributed by atoms with Crippen molar-refractivity contribution in [1.29, 1.82) is 0 Å². The number of nitrogen functional groups attached to an aromatic ring is 2. The van der Waals surface area contributed by atoms with Gasteiger partial charge in [0, 0.05) is 6.07 Å². The Kier molecular flexibility index (Phi) is 4.85. The normalized spacial score (nSPS) is 10.4. The van der Waals surface area contributed by atoms with Gasteiger partial charge in [0.25, 0.3) is 5.82 Å². The Balaban J connectivity index is 0.000000200. The lowest BCUT2D eigenvalue weighted by Crippen LogP contribution is -2.46. The Hall–Kier alpha value is -2.12. The van der Waals surface area contributed by atoms with Crippen LogP contribution in [0.15, 0.2) is 53.6 Å². The molecule has 0 aliphatic heterocycles. The Morgan fingerprint density at radius 1 is 1.11 bits per heavy atom. The van der Waals surface area contributed by atoms with Crippen LogP contribution in [0.25, 0.3) is 0 Å². The van der Waals surface area contributed by atoms with Gasteiger partial charge in [0.1, 0.15) is 16.3 Å². The van der Waals surface area contributed by atoms with Crippen LogP contribution in [0.1, 0.15) is 5.56 Å². The molecule has 19 heavy (non-hydrogen) atoms. The summed E-state index contributed by atoms with van der Waals surface area (Å²) < 4.78 is 32.5. The minimum Gasteiger partial charge on any atom is -0.744 e. The molecule has 1 aromatic carbocycles. The second-order valence-corrected chi connectivity index (χ2v) is 5.18. The Morgan fingerprint density at radius 2 is 1.68 bits per heavy atom. The predicted molar refractivity (Wildman–Crippen MR) is 70.3 cm³/mol. The Morgan fingerprint density at radius 3 is 2.05 bits per heavy atom. The van der Waals surface area contributed by atoms with Crippen molar-refractivity contribution in [3.05, 3.63) is 54.2 Å². The molecule has 102 valence electrons. The van der Waals surface area contributed by atoms with Crippen LogP contribution in [-0.2, 0) is 10.1 Å². The van der Waals surface area contributed by atoms with E-state index in [1.54, 1.807) is 24.4 Å². The van der Waals surface area contributed by atoms with E-state index >= 15 is 0 Å². The molecule has 0 bridgehead atoms. The van der Waals surface area contributed by atoms with E-state index in [1.807, 2.05) is 19.1 Å². The van der Waals surface area contributed by atoms with Crippen molar-refractivity contribution < 1.29 is 17.6 Å². The fraction of sp³-hybridized carbons (Fsp3) is 0.0833. The number of anilines is 1. The highest BCUT2D eigenvalue weighted by molar-refractivity contribution is 7.85. The zero-order valence-electron chi connectivity index (χ0n) is 10.4. The van der Waals surface area contributed by atoms with Gasteiger partial charge in [0.05, 0.1) is 4.90 Å². The summed E-state index contributed by atoms with van der Waals surface area (Å²) >= 11 is 0. The third-order valence-electron chi connectivity index (χ3n) is 2.23. The molecule has 4 N–H and O–H groups in total. The van der Waals surface area contributed by atoms with Crippen LogP contribution in [0.5, 0.6) is 0 Å². The molecule has 0 aliphatic carbocycles. The Bertz CT molecular complexity index is 619. The van der Waals surface area contributed by atoms with Crippen molar-refractivity contribution in [2.75, 3.05) is 11.6 Å². The first-order chi connectivity index (χ1) is 8.80. The average molecular weight is 281 g/mol. The SMILES string of the molecule is Cc1ccc(S(=O)(=O)[O-])cc1.Nc1cccc[n+]1N. The lowest BCUT2D eigenvalue weighted by atomic mass is 10.2. The molecule has 0 amide bonds. The average Bonchev–Trinajstić information content (AvgIpc) is 2.33. The van der Waals surface area contributed by atoms with Gasteiger partial charge in [0.2, 0.25) is 0 Å². The molecule has 7 heteroatoms. The first kappa shape index (κ1) is 14.9. The minimum absolute atomic E-state index is 0.178. The fourth-order valence-corrected chi connectivity index (χ4v) is 1.64. The molecule has 2 rings (SSSR count). The van der Waals surface area contributed by atoms with E-state index < -0.39 is 10.1 Å². The van der Waals surface area contributed by atoms with E-state index in [4.69, 9.17) is 11.6 Å². The second kappa shape index (κ2) is 6.17. The largest absolute Gasteiger partial charge is 0.744 e. The molecular weight excluding hydrogens is 266 g/mol. The number of benzene rings is 1. The number of hydrogen-bond donors (Lipinski definition) is 2. The van der Waals surface area contributed by atoms with Crippen molar-refractivity contribution in [3.63, 3.8) is 0 Å². The summed E-state index contributed by atoms with van der Waals surface area (Å²) in [7, 11) is -4.27. The molecule has 0 aliphatic rings. The second-order valence-electron chi connectivity index (χ2n) is 3.80. The van der Waals surface area contributed by atoms with Crippen LogP contribution in [-0.4, -0.2) is 13.0 Å². The summed E-state index contributed by atoms with van der Waals surface area (Å²) in [5, 5.41) is 0. The summed E-state index contributed by atoms with van der Waals surface area (Å²) in [6.07, 6.45) is 1.69. The van der Waals surface area contributed by atoms with Crippen molar-refractivity contribution in [1.82, 2.24) is 0 Å². The fourth-order valence-electron chi connectivity index (χ4n) is 1.17. The summed E-state index contributed by atoms with van der Waals surface area (Å²) in [5.41, 5.74) is 6.29. The van der Waals surface area contributed by atoms with Gasteiger partial charge in [-0.25, -0.2) is 8.42 Å². The summed E-state index contributed by atoms with van der Waals surface area (Å²) in [5.74, 6) is 5.87. The monoisotopic (exact) mass is 281 g/mol. The lowest BCUT2D eigenvalue weighted by Gasteiger charge is -2.05. The van der Waals surface area contributed by atoms with Crippen molar-refractivity contribution in [2.24, 2.45) is 0 Å². The molecular formula is C12H15N3O3S. The molecule has 0 atom stereocenters. The van der Waals surface area contributed by atoms with Crippen LogP contribution in [0.2, 0.25) is 0 Å². The summed E-state index contributed by atoms with van der Waals surface area (Å²) in [6.45, 7) is 1.82. The van der Waals surface area contributed by atoms with Gasteiger partial charge in [-0.3, -0.25) is 11.6 Å². The van der Waals surface area contributed by atoms with Crippen LogP contribution in [0.4, 0.5) is 5.82 Å². The highest BCUT2D eigenvalue weighted by Gasteiger charge is 1.97. The maximum atomic E-state index is 10.4. The zero-order chi connectivity index (χ0) is 14.5. The van der Waals surface area contributed by atoms with E-state index in [0.717, 1.165) is 5.56 Å². The first-order valence-corrected chi connectivity index (χ1v) is 6.75. The smallest absolute Gasteiger partial charge is 0.295 e. The van der Waals surface area contributed by atoms with Crippen molar-refractivity contribution in [3.8, 4) is 0 Å². The lowest BCUT2D eigenvalue weighted by molar-refractivity contribution is -0.623. The summed E-state index contributed by atoms with van der Waals surface area (Å²) in [4.78, 5) is -0.178. The van der Waals surface area contributed by atoms with Gasteiger partial charge in [-0.2, -0.15) is 0 Å². The van der Waals surface area contributed by atoms with E-state index in [1.165, 1.54) is 16.8 Å². The highest BCUT2D eigenvalue weighted by atomic mass is 32.2. The number of nitrogens with zero attached hydrogens (tertiary/aromatic N) is 1. The molecule has 0 saturated heterocycles. The molecule has 0 fully saturated rings. The quantitative estimate of drug-likeness (QED) is 0.439. The molecule has 0 radical (unpaired) electrons. The molecule has 0 unspecified atom stereocenters. The number of hydrogen-bond acceptors (Lipinski definition) is 5. The van der Waals surface area contributed by atoms with Crippen molar-refractivity contribution >= 4 is 15.9 Å². The van der Waals surface area contributed by atoms with E-state index in [2.05, 4.69) is 0 Å². The summed E-state index contributed by atoms with van der Waals surface area (Å²) in [6, 6.07) is 11.2. The van der Waals surface area contributed by atoms with Crippen LogP contribution >= 0.6 is 0 Å². The van der Waals surface area contributed by atoms with Gasteiger partial charge in [0.15, 0.2) is 0 Å². The molecule has 1 aromatic heterocycles. The maximum Gasteiger partial charge on any atom is 0.295 e. The number of nitrogens with two attached hydrogens (primary N) is 2. The Labute approximate surface area is 112 Å². The van der Waals surface area contributed by atoms with Gasteiger partial charge in [-0.05, 0) is 25.1 Å². The van der Waals surface area contributed by atoms with E-state index in [-0.39, 0.29) is 4.90 Å². The van der Waals surface area contributed by atoms with E-state index in [0.29, 0.717) is 5.82 Å². The predicted octanol–water partition coefficient (Wildman–Crippen LogP) is 0.169. The van der Waals surface area contributed by atoms with Gasteiger partial charge >= 0.3 is 0 Å². The first-order valence-electron chi connectivity index (χ1n) is 5.34. The number of rotatable bonds is 1.